The molecular weight excluding hydrogens is 292 g/mol. The van der Waals surface area contributed by atoms with Gasteiger partial charge in [-0.15, -0.1) is 5.10 Å². The summed E-state index contributed by atoms with van der Waals surface area (Å²) in [7, 11) is 1.92. The molecule has 1 amide bonds. The molecule has 2 aliphatic heterocycles. The van der Waals surface area contributed by atoms with Gasteiger partial charge in [-0.1, -0.05) is 0 Å². The third kappa shape index (κ3) is 2.80. The number of likely N-dealkylation sites (N-methyl/N-ethyl adjacent to an activating group) is 1. The molecule has 0 N–H and O–H groups in total. The maximum Gasteiger partial charge on any atom is 0.228 e. The van der Waals surface area contributed by atoms with Crippen molar-refractivity contribution >= 4 is 11.7 Å². The van der Waals surface area contributed by atoms with E-state index in [1.165, 1.54) is 24.1 Å². The van der Waals surface area contributed by atoms with Gasteiger partial charge in [-0.25, -0.2) is 0 Å². The van der Waals surface area contributed by atoms with Crippen LogP contribution >= 0.6 is 0 Å². The molecule has 3 aliphatic rings. The molecule has 1 aliphatic carbocycles. The number of fused-ring (bicyclic) bond motifs is 1. The first-order valence-corrected chi connectivity index (χ1v) is 8.67. The fraction of sp³-hybridized carbons (Fsp3) is 0.706. The molecule has 0 saturated carbocycles. The van der Waals surface area contributed by atoms with Gasteiger partial charge in [-0.2, -0.15) is 5.10 Å². The Morgan fingerprint density at radius 1 is 1.30 bits per heavy atom. The van der Waals surface area contributed by atoms with Crippen molar-refractivity contribution in [2.75, 3.05) is 38.3 Å². The monoisotopic (exact) mass is 316 g/mol. The number of hydrogen-bond acceptors (Lipinski definition) is 5. The maximum atomic E-state index is 12.4. The van der Waals surface area contributed by atoms with E-state index in [9.17, 15) is 4.79 Å². The van der Waals surface area contributed by atoms with Crippen molar-refractivity contribution in [3.63, 3.8) is 0 Å². The highest BCUT2D eigenvalue weighted by Crippen LogP contribution is 2.27. The summed E-state index contributed by atoms with van der Waals surface area (Å²) in [6, 6.07) is 2.48. The first-order chi connectivity index (χ1) is 11.2. The lowest BCUT2D eigenvalue weighted by Crippen LogP contribution is -2.61. The van der Waals surface area contributed by atoms with Crippen molar-refractivity contribution in [3.05, 3.63) is 17.3 Å². The second-order valence-corrected chi connectivity index (χ2v) is 6.95. The van der Waals surface area contributed by atoms with Crippen molar-refractivity contribution in [2.24, 2.45) is 5.92 Å². The van der Waals surface area contributed by atoms with E-state index in [1.54, 1.807) is 0 Å². The van der Waals surface area contributed by atoms with Crippen LogP contribution < -0.4 is 4.90 Å². The standard InChI is InChI=1S/C17H24N4O2/c1-20(17(22)13-6-7-23-11-13)14-9-21(10-14)16-8-12-4-2-3-5-15(12)18-19-16/h8,13-14H,2-7,9-11H2,1H3. The number of nitrogens with zero attached hydrogens (tertiary/aromatic N) is 4. The van der Waals surface area contributed by atoms with E-state index in [-0.39, 0.29) is 17.9 Å². The molecule has 4 rings (SSSR count). The molecule has 6 nitrogen and oxygen atoms in total. The summed E-state index contributed by atoms with van der Waals surface area (Å²) in [5.41, 5.74) is 2.53. The van der Waals surface area contributed by atoms with Gasteiger partial charge in [0, 0.05) is 26.7 Å². The van der Waals surface area contributed by atoms with E-state index in [0.717, 1.165) is 38.2 Å². The molecule has 0 aromatic carbocycles. The van der Waals surface area contributed by atoms with Crippen molar-refractivity contribution in [2.45, 2.75) is 38.1 Å². The van der Waals surface area contributed by atoms with Crippen LogP contribution in [-0.4, -0.2) is 60.4 Å². The summed E-state index contributed by atoms with van der Waals surface area (Å²) in [5, 5.41) is 8.78. The molecule has 124 valence electrons. The quantitative estimate of drug-likeness (QED) is 0.834. The lowest BCUT2D eigenvalue weighted by Gasteiger charge is -2.45. The van der Waals surface area contributed by atoms with Gasteiger partial charge < -0.3 is 14.5 Å². The molecule has 0 spiro atoms. The zero-order chi connectivity index (χ0) is 15.8. The van der Waals surface area contributed by atoms with Gasteiger partial charge in [0.1, 0.15) is 0 Å². The molecule has 23 heavy (non-hydrogen) atoms. The first kappa shape index (κ1) is 14.9. The highest BCUT2D eigenvalue weighted by Gasteiger charge is 2.36. The van der Waals surface area contributed by atoms with E-state index >= 15 is 0 Å². The molecule has 3 heterocycles. The Balaban J connectivity index is 1.36. The first-order valence-electron chi connectivity index (χ1n) is 8.67. The normalized spacial score (nSPS) is 24.2. The molecule has 1 aromatic rings. The Morgan fingerprint density at radius 2 is 2.13 bits per heavy atom. The lowest BCUT2D eigenvalue weighted by molar-refractivity contribution is -0.136. The van der Waals surface area contributed by atoms with Crippen molar-refractivity contribution in [3.8, 4) is 0 Å². The predicted molar refractivity (Wildman–Crippen MR) is 86.4 cm³/mol. The second-order valence-electron chi connectivity index (χ2n) is 6.95. The second kappa shape index (κ2) is 6.07. The Kier molecular flexibility index (Phi) is 3.93. The number of rotatable bonds is 3. The van der Waals surface area contributed by atoms with Gasteiger partial charge in [0.25, 0.3) is 0 Å². The van der Waals surface area contributed by atoms with Crippen LogP contribution in [0.15, 0.2) is 6.07 Å². The van der Waals surface area contributed by atoms with E-state index in [2.05, 4.69) is 21.2 Å². The van der Waals surface area contributed by atoms with Crippen molar-refractivity contribution in [1.29, 1.82) is 0 Å². The third-order valence-electron chi connectivity index (χ3n) is 5.42. The van der Waals surface area contributed by atoms with Crippen LogP contribution in [0.25, 0.3) is 0 Å². The highest BCUT2D eigenvalue weighted by molar-refractivity contribution is 5.79. The Hall–Kier alpha value is -1.69. The topological polar surface area (TPSA) is 58.6 Å². The smallest absolute Gasteiger partial charge is 0.228 e. The number of aromatic nitrogens is 2. The minimum Gasteiger partial charge on any atom is -0.381 e. The molecule has 2 fully saturated rings. The van der Waals surface area contributed by atoms with Gasteiger partial charge in [-0.05, 0) is 43.7 Å². The van der Waals surface area contributed by atoms with Crippen LogP contribution in [0.4, 0.5) is 5.82 Å². The van der Waals surface area contributed by atoms with Crippen molar-refractivity contribution < 1.29 is 9.53 Å². The van der Waals surface area contributed by atoms with E-state index < -0.39 is 0 Å². The SMILES string of the molecule is CN(C(=O)C1CCOC1)C1CN(c2cc3c(nn2)CCCC3)C1. The molecular formula is C17H24N4O2. The zero-order valence-corrected chi connectivity index (χ0v) is 13.7. The zero-order valence-electron chi connectivity index (χ0n) is 13.7. The molecule has 1 unspecified atom stereocenters. The number of anilines is 1. The fourth-order valence-corrected chi connectivity index (χ4v) is 3.72. The maximum absolute atomic E-state index is 12.4. The van der Waals surface area contributed by atoms with E-state index in [4.69, 9.17) is 4.74 Å². The highest BCUT2D eigenvalue weighted by atomic mass is 16.5. The average Bonchev–Trinajstić information content (AvgIpc) is 3.07. The number of hydrogen-bond donors (Lipinski definition) is 0. The Labute approximate surface area is 136 Å². The molecule has 2 saturated heterocycles. The van der Waals surface area contributed by atoms with Crippen LogP contribution in [-0.2, 0) is 22.4 Å². The lowest BCUT2D eigenvalue weighted by atomic mass is 9.96. The van der Waals surface area contributed by atoms with Crippen LogP contribution in [0, 0.1) is 5.92 Å². The number of carbonyl (C=O) groups is 1. The summed E-state index contributed by atoms with van der Waals surface area (Å²) >= 11 is 0. The van der Waals surface area contributed by atoms with Gasteiger partial charge >= 0.3 is 0 Å². The van der Waals surface area contributed by atoms with Crippen molar-refractivity contribution in [1.82, 2.24) is 15.1 Å². The van der Waals surface area contributed by atoms with Crippen LogP contribution in [0.3, 0.4) is 0 Å². The van der Waals surface area contributed by atoms with Crippen LogP contribution in [0.5, 0.6) is 0 Å². The summed E-state index contributed by atoms with van der Waals surface area (Å²) in [6.07, 6.45) is 5.52. The molecule has 0 bridgehead atoms. The number of amides is 1. The van der Waals surface area contributed by atoms with Gasteiger partial charge in [0.15, 0.2) is 5.82 Å². The molecule has 0 radical (unpaired) electrons. The van der Waals surface area contributed by atoms with Gasteiger partial charge in [0.2, 0.25) is 5.91 Å². The predicted octanol–water partition coefficient (Wildman–Crippen LogP) is 1.04. The largest absolute Gasteiger partial charge is 0.381 e. The Bertz CT molecular complexity index is 594. The van der Waals surface area contributed by atoms with Crippen LogP contribution in [0.1, 0.15) is 30.5 Å². The van der Waals surface area contributed by atoms with Gasteiger partial charge in [0.05, 0.1) is 24.3 Å². The Morgan fingerprint density at radius 3 is 2.91 bits per heavy atom. The number of ether oxygens (including phenoxy) is 1. The van der Waals surface area contributed by atoms with E-state index in [1.807, 2.05) is 11.9 Å². The molecule has 1 aromatic heterocycles. The third-order valence-corrected chi connectivity index (χ3v) is 5.42. The minimum atomic E-state index is 0.0533. The van der Waals surface area contributed by atoms with Gasteiger partial charge in [-0.3, -0.25) is 4.79 Å². The minimum absolute atomic E-state index is 0.0533. The summed E-state index contributed by atoms with van der Waals surface area (Å²) < 4.78 is 5.33. The molecule has 1 atom stereocenters. The summed E-state index contributed by atoms with van der Waals surface area (Å²) in [4.78, 5) is 16.5. The number of aryl methyl sites for hydroxylation is 2. The fourth-order valence-electron chi connectivity index (χ4n) is 3.72. The molecule has 6 heteroatoms. The van der Waals surface area contributed by atoms with Crippen LogP contribution in [0.2, 0.25) is 0 Å². The summed E-state index contributed by atoms with van der Waals surface area (Å²) in [5.74, 6) is 1.24. The average molecular weight is 316 g/mol. The summed E-state index contributed by atoms with van der Waals surface area (Å²) in [6.45, 7) is 2.99. The number of carbonyl (C=O) groups excluding carboxylic acids is 1. The van der Waals surface area contributed by atoms with E-state index in [0.29, 0.717) is 13.2 Å².